The maximum absolute atomic E-state index is 6.04. The van der Waals surface area contributed by atoms with E-state index in [-0.39, 0.29) is 0 Å². The topological polar surface area (TPSA) is 35.2 Å². The first-order chi connectivity index (χ1) is 7.15. The van der Waals surface area contributed by atoms with Crippen molar-refractivity contribution in [3.63, 3.8) is 0 Å². The van der Waals surface area contributed by atoms with E-state index in [1.165, 1.54) is 0 Å². The maximum atomic E-state index is 6.04. The van der Waals surface area contributed by atoms with Crippen molar-refractivity contribution in [2.75, 3.05) is 13.2 Å². The summed E-state index contributed by atoms with van der Waals surface area (Å²) in [6, 6.07) is 5.65. The smallest absolute Gasteiger partial charge is 0.141 e. The molecule has 1 rings (SSSR count). The fourth-order valence-electron chi connectivity index (χ4n) is 1.22. The molecule has 0 aromatic heterocycles. The van der Waals surface area contributed by atoms with Crippen LogP contribution in [0.3, 0.4) is 0 Å². The van der Waals surface area contributed by atoms with Crippen LogP contribution in [0.2, 0.25) is 5.02 Å². The van der Waals surface area contributed by atoms with Crippen LogP contribution in [0.25, 0.3) is 0 Å². The van der Waals surface area contributed by atoms with Gasteiger partial charge in [0.25, 0.3) is 0 Å². The van der Waals surface area contributed by atoms with E-state index in [2.05, 4.69) is 22.5 Å². The molecule has 2 N–H and O–H groups in total. The van der Waals surface area contributed by atoms with Crippen molar-refractivity contribution < 1.29 is 4.74 Å². The zero-order valence-electron chi connectivity index (χ0n) is 8.30. The summed E-state index contributed by atoms with van der Waals surface area (Å²) in [7, 11) is 0. The molecule has 0 aliphatic heterocycles. The Bertz CT molecular complexity index is 354. The van der Waals surface area contributed by atoms with Gasteiger partial charge in [0.15, 0.2) is 0 Å². The van der Waals surface area contributed by atoms with E-state index < -0.39 is 0 Å². The fraction of sp³-hybridized carbons (Fsp3) is 0.273. The summed E-state index contributed by atoms with van der Waals surface area (Å²) < 4.78 is 6.33. The molecule has 0 radical (unpaired) electrons. The second kappa shape index (κ2) is 6.16. The largest absolute Gasteiger partial charge is 0.487 e. The molecular weight excluding hydrogens is 277 g/mol. The average Bonchev–Trinajstić information content (AvgIpc) is 2.17. The summed E-state index contributed by atoms with van der Waals surface area (Å²) in [5.41, 5.74) is 6.54. The Morgan fingerprint density at radius 2 is 2.27 bits per heavy atom. The van der Waals surface area contributed by atoms with E-state index in [1.807, 2.05) is 12.1 Å². The Balaban J connectivity index is 2.86. The highest BCUT2D eigenvalue weighted by Gasteiger charge is 2.07. The van der Waals surface area contributed by atoms with Crippen LogP contribution in [-0.4, -0.2) is 13.2 Å². The number of hydrogen-bond donors (Lipinski definition) is 1. The van der Waals surface area contributed by atoms with Gasteiger partial charge >= 0.3 is 0 Å². The van der Waals surface area contributed by atoms with Gasteiger partial charge in [-0.2, -0.15) is 0 Å². The van der Waals surface area contributed by atoms with Crippen molar-refractivity contribution in [1.82, 2.24) is 0 Å². The molecule has 0 saturated heterocycles. The van der Waals surface area contributed by atoms with E-state index in [9.17, 15) is 0 Å². The highest BCUT2D eigenvalue weighted by atomic mass is 79.9. The van der Waals surface area contributed by atoms with Gasteiger partial charge in [0.05, 0.1) is 5.02 Å². The second-order valence-corrected chi connectivity index (χ2v) is 4.60. The van der Waals surface area contributed by atoms with Gasteiger partial charge in [0.1, 0.15) is 12.4 Å². The normalized spacial score (nSPS) is 10.1. The van der Waals surface area contributed by atoms with Gasteiger partial charge in [-0.25, -0.2) is 0 Å². The summed E-state index contributed by atoms with van der Waals surface area (Å²) in [5.74, 6) is 0.699. The third-order valence-electron chi connectivity index (χ3n) is 1.84. The molecule has 0 saturated carbocycles. The van der Waals surface area contributed by atoms with Gasteiger partial charge in [-0.15, -0.1) is 0 Å². The molecule has 0 aliphatic rings. The number of rotatable bonds is 5. The molecule has 0 spiro atoms. The van der Waals surface area contributed by atoms with Gasteiger partial charge in [-0.1, -0.05) is 46.2 Å². The number of hydrogen-bond acceptors (Lipinski definition) is 2. The molecule has 0 amide bonds. The second-order valence-electron chi connectivity index (χ2n) is 3.07. The summed E-state index contributed by atoms with van der Waals surface area (Å²) >= 11 is 9.27. The van der Waals surface area contributed by atoms with Crippen molar-refractivity contribution in [3.05, 3.63) is 39.8 Å². The highest BCUT2D eigenvalue weighted by molar-refractivity contribution is 9.11. The lowest BCUT2D eigenvalue weighted by Crippen LogP contribution is -2.06. The number of para-hydroxylation sites is 1. The van der Waals surface area contributed by atoms with Crippen LogP contribution in [0.4, 0.5) is 0 Å². The van der Waals surface area contributed by atoms with E-state index in [1.54, 1.807) is 6.07 Å². The monoisotopic (exact) mass is 289 g/mol. The van der Waals surface area contributed by atoms with Crippen LogP contribution in [0, 0.1) is 0 Å². The average molecular weight is 291 g/mol. The Kier molecular flexibility index (Phi) is 5.15. The van der Waals surface area contributed by atoms with E-state index in [0.29, 0.717) is 23.9 Å². The lowest BCUT2D eigenvalue weighted by molar-refractivity contribution is 0.357. The number of ether oxygens (including phenoxy) is 1. The molecule has 0 bridgehead atoms. The predicted molar refractivity (Wildman–Crippen MR) is 67.8 cm³/mol. The number of benzene rings is 1. The zero-order valence-corrected chi connectivity index (χ0v) is 10.6. The molecule has 0 unspecified atom stereocenters. The Hall–Kier alpha value is -0.510. The van der Waals surface area contributed by atoms with E-state index in [0.717, 1.165) is 16.5 Å². The first-order valence-corrected chi connectivity index (χ1v) is 5.75. The van der Waals surface area contributed by atoms with Crippen LogP contribution in [0.1, 0.15) is 5.56 Å². The van der Waals surface area contributed by atoms with Crippen molar-refractivity contribution >= 4 is 27.5 Å². The SMILES string of the molecule is C=C(Br)COc1c(Cl)cccc1CCN. The molecule has 82 valence electrons. The molecule has 0 heterocycles. The van der Waals surface area contributed by atoms with Crippen LogP contribution in [-0.2, 0) is 6.42 Å². The fourth-order valence-corrected chi connectivity index (χ4v) is 1.58. The zero-order chi connectivity index (χ0) is 11.3. The van der Waals surface area contributed by atoms with E-state index in [4.69, 9.17) is 22.1 Å². The Morgan fingerprint density at radius 3 is 2.87 bits per heavy atom. The first kappa shape index (κ1) is 12.6. The molecule has 1 aromatic carbocycles. The summed E-state index contributed by atoms with van der Waals surface area (Å²) in [6.07, 6.45) is 0.755. The molecule has 0 aliphatic carbocycles. The third kappa shape index (κ3) is 3.86. The predicted octanol–water partition coefficient (Wildman–Crippen LogP) is 3.13. The Labute approximate surface area is 103 Å². The van der Waals surface area contributed by atoms with Crippen LogP contribution < -0.4 is 10.5 Å². The maximum Gasteiger partial charge on any atom is 0.141 e. The summed E-state index contributed by atoms with van der Waals surface area (Å²) in [6.45, 7) is 4.68. The van der Waals surface area contributed by atoms with Gasteiger partial charge in [-0.3, -0.25) is 0 Å². The minimum Gasteiger partial charge on any atom is -0.487 e. The van der Waals surface area contributed by atoms with Gasteiger partial charge in [-0.05, 0) is 24.6 Å². The molecule has 0 fully saturated rings. The van der Waals surface area contributed by atoms with Crippen molar-refractivity contribution in [1.29, 1.82) is 0 Å². The van der Waals surface area contributed by atoms with Crippen LogP contribution in [0.15, 0.2) is 29.3 Å². The summed E-state index contributed by atoms with van der Waals surface area (Å²) in [4.78, 5) is 0. The van der Waals surface area contributed by atoms with Gasteiger partial charge in [0.2, 0.25) is 0 Å². The van der Waals surface area contributed by atoms with Gasteiger partial charge < -0.3 is 10.5 Å². The first-order valence-electron chi connectivity index (χ1n) is 4.58. The van der Waals surface area contributed by atoms with Crippen molar-refractivity contribution in [2.24, 2.45) is 5.73 Å². The van der Waals surface area contributed by atoms with Crippen molar-refractivity contribution in [2.45, 2.75) is 6.42 Å². The Morgan fingerprint density at radius 1 is 1.53 bits per heavy atom. The van der Waals surface area contributed by atoms with Crippen LogP contribution >= 0.6 is 27.5 Å². The van der Waals surface area contributed by atoms with Gasteiger partial charge in [0, 0.05) is 4.48 Å². The highest BCUT2D eigenvalue weighted by Crippen LogP contribution is 2.29. The lowest BCUT2D eigenvalue weighted by atomic mass is 10.1. The number of nitrogens with two attached hydrogens (primary N) is 1. The molecule has 15 heavy (non-hydrogen) atoms. The molecule has 1 aromatic rings. The molecule has 4 heteroatoms. The third-order valence-corrected chi connectivity index (χ3v) is 2.36. The molecular formula is C11H13BrClNO. The quantitative estimate of drug-likeness (QED) is 0.904. The summed E-state index contributed by atoms with van der Waals surface area (Å²) in [5, 5.41) is 0.606. The standard InChI is InChI=1S/C11H13BrClNO/c1-8(12)7-15-11-9(5-6-14)3-2-4-10(11)13/h2-4H,1,5-7,14H2. The lowest BCUT2D eigenvalue weighted by Gasteiger charge is -2.11. The minimum absolute atomic E-state index is 0.404. The number of halogens is 2. The molecule has 2 nitrogen and oxygen atoms in total. The van der Waals surface area contributed by atoms with E-state index >= 15 is 0 Å². The minimum atomic E-state index is 0.404. The van der Waals surface area contributed by atoms with Crippen molar-refractivity contribution in [3.8, 4) is 5.75 Å². The van der Waals surface area contributed by atoms with Crippen LogP contribution in [0.5, 0.6) is 5.75 Å². The molecule has 0 atom stereocenters.